The van der Waals surface area contributed by atoms with Crippen LogP contribution in [-0.2, 0) is 11.3 Å². The smallest absolute Gasteiger partial charge is 0.268 e. The number of ether oxygens (including phenoxy) is 1. The van der Waals surface area contributed by atoms with E-state index >= 15 is 0 Å². The highest BCUT2D eigenvalue weighted by Crippen LogP contribution is 2.26. The molecule has 2 aromatic heterocycles. The third kappa shape index (κ3) is 2.90. The molecule has 2 heterocycles. The topological polar surface area (TPSA) is 71.9 Å². The fraction of sp³-hybridized carbons (Fsp3) is 0.364. The van der Waals surface area contributed by atoms with Crippen LogP contribution in [0.1, 0.15) is 24.0 Å². The van der Waals surface area contributed by atoms with Gasteiger partial charge in [-0.25, -0.2) is 0 Å². The van der Waals surface area contributed by atoms with E-state index in [9.17, 15) is 0 Å². The molecule has 2 rings (SSSR count). The van der Waals surface area contributed by atoms with E-state index in [4.69, 9.17) is 14.5 Å². The van der Waals surface area contributed by atoms with Gasteiger partial charge in [0.1, 0.15) is 17.6 Å². The molecule has 0 saturated heterocycles. The van der Waals surface area contributed by atoms with Crippen LogP contribution in [0.3, 0.4) is 0 Å². The number of hydrogen-bond acceptors (Lipinski definition) is 6. The monoisotopic (exact) mass is 249 g/mol. The number of nitrogens with zero attached hydrogens (tertiary/aromatic N) is 3. The molecule has 0 spiro atoms. The van der Waals surface area contributed by atoms with Crippen molar-refractivity contribution in [3.63, 3.8) is 0 Å². The molecule has 0 aromatic carbocycles. The van der Waals surface area contributed by atoms with Crippen molar-refractivity contribution in [1.29, 1.82) is 5.26 Å². The Balaban J connectivity index is 2.05. The molecule has 0 atom stereocenters. The summed E-state index contributed by atoms with van der Waals surface area (Å²) < 4.78 is 10.4. The highest BCUT2D eigenvalue weighted by atomic mass is 32.1. The minimum absolute atomic E-state index is 0.355. The molecule has 0 saturated carbocycles. The zero-order valence-corrected chi connectivity index (χ0v) is 10.2. The van der Waals surface area contributed by atoms with E-state index in [1.54, 1.807) is 12.1 Å². The lowest BCUT2D eigenvalue weighted by Crippen LogP contribution is -1.95. The van der Waals surface area contributed by atoms with E-state index < -0.39 is 0 Å². The Kier molecular flexibility index (Phi) is 3.85. The van der Waals surface area contributed by atoms with Gasteiger partial charge in [0.25, 0.3) is 5.89 Å². The van der Waals surface area contributed by atoms with Crippen molar-refractivity contribution >= 4 is 11.3 Å². The van der Waals surface area contributed by atoms with Gasteiger partial charge in [0.05, 0.1) is 4.88 Å². The summed E-state index contributed by atoms with van der Waals surface area (Å²) in [5, 5.41) is 12.5. The van der Waals surface area contributed by atoms with Crippen LogP contribution in [0.2, 0.25) is 0 Å². The number of hydrogen-bond donors (Lipinski definition) is 0. The maximum Gasteiger partial charge on any atom is 0.268 e. The zero-order chi connectivity index (χ0) is 12.1. The average Bonchev–Trinajstić information content (AvgIpc) is 2.97. The first-order valence-electron chi connectivity index (χ1n) is 5.24. The number of nitriles is 1. The summed E-state index contributed by atoms with van der Waals surface area (Å²) >= 11 is 1.33. The molecule has 17 heavy (non-hydrogen) atoms. The largest absolute Gasteiger partial charge is 0.373 e. The normalized spacial score (nSPS) is 10.4. The lowest BCUT2D eigenvalue weighted by Gasteiger charge is -1.95. The van der Waals surface area contributed by atoms with Gasteiger partial charge in [-0.3, -0.25) is 0 Å². The summed E-state index contributed by atoms with van der Waals surface area (Å²) in [5.41, 5.74) is 0. The summed E-state index contributed by atoms with van der Waals surface area (Å²) in [5.74, 6) is 0.965. The van der Waals surface area contributed by atoms with Crippen molar-refractivity contribution in [2.75, 3.05) is 6.61 Å². The predicted octanol–water partition coefficient (Wildman–Crippen LogP) is 2.60. The highest BCUT2D eigenvalue weighted by Gasteiger charge is 2.11. The quantitative estimate of drug-likeness (QED) is 0.761. The Hall–Kier alpha value is -1.71. The minimum atomic E-state index is 0.355. The molecular weight excluding hydrogens is 238 g/mol. The molecule has 0 amide bonds. The highest BCUT2D eigenvalue weighted by molar-refractivity contribution is 7.15. The third-order valence-electron chi connectivity index (χ3n) is 1.97. The fourth-order valence-corrected chi connectivity index (χ4v) is 1.96. The van der Waals surface area contributed by atoms with Crippen LogP contribution in [0, 0.1) is 11.3 Å². The van der Waals surface area contributed by atoms with Crippen molar-refractivity contribution in [2.45, 2.75) is 20.0 Å². The van der Waals surface area contributed by atoms with Crippen LogP contribution in [0.25, 0.3) is 10.8 Å². The molecule has 0 bridgehead atoms. The second-order valence-corrected chi connectivity index (χ2v) is 4.43. The van der Waals surface area contributed by atoms with Crippen molar-refractivity contribution in [1.82, 2.24) is 10.1 Å². The molecule has 0 unspecified atom stereocenters. The van der Waals surface area contributed by atoms with E-state index in [-0.39, 0.29) is 0 Å². The Bertz CT molecular complexity index is 527. The maximum atomic E-state index is 8.72. The third-order valence-corrected chi connectivity index (χ3v) is 2.95. The standard InChI is InChI=1S/C11H11N3O2S/c1-2-5-15-7-10-13-11(16-14-10)9-4-3-8(6-12)17-9/h3-4H,2,5,7H2,1H3. The van der Waals surface area contributed by atoms with E-state index in [1.165, 1.54) is 11.3 Å². The van der Waals surface area contributed by atoms with Crippen molar-refractivity contribution in [2.24, 2.45) is 0 Å². The lowest BCUT2D eigenvalue weighted by molar-refractivity contribution is 0.114. The van der Waals surface area contributed by atoms with Gasteiger partial charge in [0.2, 0.25) is 0 Å². The molecule has 0 aliphatic heterocycles. The Morgan fingerprint density at radius 2 is 2.41 bits per heavy atom. The van der Waals surface area contributed by atoms with Crippen LogP contribution in [0.5, 0.6) is 0 Å². The first kappa shape index (κ1) is 11.8. The van der Waals surface area contributed by atoms with Crippen LogP contribution in [0.15, 0.2) is 16.7 Å². The molecule has 0 aliphatic rings. The number of rotatable bonds is 5. The predicted molar refractivity (Wildman–Crippen MR) is 62.3 cm³/mol. The summed E-state index contributed by atoms with van der Waals surface area (Å²) in [6.07, 6.45) is 0.959. The molecule has 5 nitrogen and oxygen atoms in total. The van der Waals surface area contributed by atoms with Crippen molar-refractivity contribution in [3.05, 3.63) is 22.8 Å². The van der Waals surface area contributed by atoms with E-state index in [2.05, 4.69) is 16.2 Å². The van der Waals surface area contributed by atoms with Crippen molar-refractivity contribution in [3.8, 4) is 16.8 Å². The Morgan fingerprint density at radius 3 is 3.12 bits per heavy atom. The SMILES string of the molecule is CCCOCc1noc(-c2ccc(C#N)s2)n1. The first-order chi connectivity index (χ1) is 8.33. The number of aromatic nitrogens is 2. The van der Waals surface area contributed by atoms with Crippen LogP contribution in [-0.4, -0.2) is 16.7 Å². The Morgan fingerprint density at radius 1 is 1.53 bits per heavy atom. The maximum absolute atomic E-state index is 8.72. The van der Waals surface area contributed by atoms with Gasteiger partial charge in [0.15, 0.2) is 5.82 Å². The summed E-state index contributed by atoms with van der Waals surface area (Å²) in [7, 11) is 0. The van der Waals surface area contributed by atoms with Gasteiger partial charge in [-0.05, 0) is 18.6 Å². The molecule has 0 fully saturated rings. The van der Waals surface area contributed by atoms with E-state index in [0.717, 1.165) is 11.3 Å². The van der Waals surface area contributed by atoms with Crippen LogP contribution >= 0.6 is 11.3 Å². The zero-order valence-electron chi connectivity index (χ0n) is 9.34. The molecular formula is C11H11N3O2S. The minimum Gasteiger partial charge on any atom is -0.373 e. The van der Waals surface area contributed by atoms with Gasteiger partial charge in [-0.2, -0.15) is 10.2 Å². The molecule has 0 radical (unpaired) electrons. The summed E-state index contributed by atoms with van der Waals surface area (Å²) in [6, 6.07) is 5.60. The van der Waals surface area contributed by atoms with Crippen molar-refractivity contribution < 1.29 is 9.26 Å². The van der Waals surface area contributed by atoms with E-state index in [1.807, 2.05) is 6.92 Å². The van der Waals surface area contributed by atoms with Gasteiger partial charge in [-0.15, -0.1) is 11.3 Å². The molecule has 2 aromatic rings. The van der Waals surface area contributed by atoms with Crippen LogP contribution < -0.4 is 0 Å². The average molecular weight is 249 g/mol. The fourth-order valence-electron chi connectivity index (χ4n) is 1.23. The summed E-state index contributed by atoms with van der Waals surface area (Å²) in [4.78, 5) is 5.63. The van der Waals surface area contributed by atoms with Gasteiger partial charge >= 0.3 is 0 Å². The van der Waals surface area contributed by atoms with Gasteiger partial charge in [-0.1, -0.05) is 12.1 Å². The molecule has 6 heteroatoms. The van der Waals surface area contributed by atoms with Gasteiger partial charge < -0.3 is 9.26 Å². The van der Waals surface area contributed by atoms with E-state index in [0.29, 0.717) is 29.8 Å². The molecule has 88 valence electrons. The summed E-state index contributed by atoms with van der Waals surface area (Å²) in [6.45, 7) is 3.08. The Labute approximate surface area is 103 Å². The lowest BCUT2D eigenvalue weighted by atomic mass is 10.4. The second kappa shape index (κ2) is 5.57. The first-order valence-corrected chi connectivity index (χ1v) is 6.05. The van der Waals surface area contributed by atoms with Crippen LogP contribution in [0.4, 0.5) is 0 Å². The molecule has 0 aliphatic carbocycles. The second-order valence-electron chi connectivity index (χ2n) is 3.34. The number of thiophene rings is 1. The molecule has 0 N–H and O–H groups in total. The van der Waals surface area contributed by atoms with Gasteiger partial charge in [0, 0.05) is 6.61 Å².